The average Bonchev–Trinajstić information content (AvgIpc) is 3.00. The maximum Gasteiger partial charge on any atom is 0.269 e. The van der Waals surface area contributed by atoms with E-state index in [1.54, 1.807) is 36.4 Å². The molecular weight excluding hydrogens is 364 g/mol. The summed E-state index contributed by atoms with van der Waals surface area (Å²) >= 11 is 5.82. The standard InChI is InChI=1S/C20H19ClN4O2/c1-13-11-14(2)25(24-13)18-9-5-16(6-10-18)20(27)23-22-19(26)12-15-3-7-17(21)8-4-15/h3-11H,12H2,1-2H3,(H,22,26)(H,23,27). The number of halogens is 1. The van der Waals surface area contributed by atoms with Crippen LogP contribution in [0.5, 0.6) is 0 Å². The Morgan fingerprint density at radius 2 is 1.67 bits per heavy atom. The summed E-state index contributed by atoms with van der Waals surface area (Å²) in [6.07, 6.45) is 0.147. The zero-order valence-corrected chi connectivity index (χ0v) is 15.7. The molecule has 0 spiro atoms. The molecule has 6 nitrogen and oxygen atoms in total. The predicted octanol–water partition coefficient (Wildman–Crippen LogP) is 3.15. The summed E-state index contributed by atoms with van der Waals surface area (Å²) in [5, 5.41) is 5.02. The Kier molecular flexibility index (Phi) is 5.57. The fourth-order valence-corrected chi connectivity index (χ4v) is 2.80. The molecule has 0 saturated carbocycles. The lowest BCUT2D eigenvalue weighted by Gasteiger charge is -2.09. The SMILES string of the molecule is Cc1cc(C)n(-c2ccc(C(=O)NNC(=O)Cc3ccc(Cl)cc3)cc2)n1. The van der Waals surface area contributed by atoms with Gasteiger partial charge in [0.15, 0.2) is 0 Å². The molecule has 0 unspecified atom stereocenters. The summed E-state index contributed by atoms with van der Waals surface area (Å²) in [6.45, 7) is 3.90. The second-order valence-electron chi connectivity index (χ2n) is 6.19. The van der Waals surface area contributed by atoms with Crippen LogP contribution in [0.1, 0.15) is 27.3 Å². The molecular formula is C20H19ClN4O2. The van der Waals surface area contributed by atoms with Crippen LogP contribution in [0.2, 0.25) is 5.02 Å². The molecule has 27 heavy (non-hydrogen) atoms. The highest BCUT2D eigenvalue weighted by Crippen LogP contribution is 2.13. The van der Waals surface area contributed by atoms with E-state index in [0.29, 0.717) is 10.6 Å². The molecule has 2 aromatic carbocycles. The second kappa shape index (κ2) is 8.05. The first-order chi connectivity index (χ1) is 12.9. The zero-order chi connectivity index (χ0) is 19.4. The maximum atomic E-state index is 12.2. The second-order valence-corrected chi connectivity index (χ2v) is 6.63. The summed E-state index contributed by atoms with van der Waals surface area (Å²) in [5.74, 6) is -0.704. The van der Waals surface area contributed by atoms with Crippen LogP contribution in [0.3, 0.4) is 0 Å². The van der Waals surface area contributed by atoms with Crippen LogP contribution in [0.15, 0.2) is 54.6 Å². The minimum Gasteiger partial charge on any atom is -0.273 e. The third-order valence-corrected chi connectivity index (χ3v) is 4.23. The van der Waals surface area contributed by atoms with E-state index in [0.717, 1.165) is 22.6 Å². The quantitative estimate of drug-likeness (QED) is 0.680. The van der Waals surface area contributed by atoms with Crippen LogP contribution < -0.4 is 10.9 Å². The maximum absolute atomic E-state index is 12.2. The summed E-state index contributed by atoms with van der Waals surface area (Å²) in [5.41, 5.74) is 8.88. The van der Waals surface area contributed by atoms with Gasteiger partial charge in [-0.05, 0) is 61.9 Å². The van der Waals surface area contributed by atoms with Crippen LogP contribution >= 0.6 is 11.6 Å². The Balaban J connectivity index is 1.57. The number of amides is 2. The first kappa shape index (κ1) is 18.7. The van der Waals surface area contributed by atoms with E-state index >= 15 is 0 Å². The molecule has 138 valence electrons. The number of benzene rings is 2. The van der Waals surface area contributed by atoms with E-state index in [9.17, 15) is 9.59 Å². The predicted molar refractivity (Wildman–Crippen MR) is 104 cm³/mol. The lowest BCUT2D eigenvalue weighted by atomic mass is 10.1. The molecule has 3 aromatic rings. The highest BCUT2D eigenvalue weighted by molar-refractivity contribution is 6.30. The number of nitrogens with one attached hydrogen (secondary N) is 2. The largest absolute Gasteiger partial charge is 0.273 e. The molecule has 1 heterocycles. The van der Waals surface area contributed by atoms with Gasteiger partial charge in [0, 0.05) is 16.3 Å². The molecule has 2 N–H and O–H groups in total. The van der Waals surface area contributed by atoms with Crippen LogP contribution in [-0.4, -0.2) is 21.6 Å². The average molecular weight is 383 g/mol. The third kappa shape index (κ3) is 4.74. The molecule has 1 aromatic heterocycles. The minimum atomic E-state index is -0.389. The number of carbonyl (C=O) groups is 2. The van der Waals surface area contributed by atoms with Gasteiger partial charge in [-0.15, -0.1) is 0 Å². The number of nitrogens with zero attached hydrogens (tertiary/aromatic N) is 2. The van der Waals surface area contributed by atoms with Crippen LogP contribution in [0.25, 0.3) is 5.69 Å². The number of hydrazine groups is 1. The van der Waals surface area contributed by atoms with Gasteiger partial charge in [0.2, 0.25) is 5.91 Å². The molecule has 0 aliphatic heterocycles. The van der Waals surface area contributed by atoms with Gasteiger partial charge in [-0.2, -0.15) is 5.10 Å². The Bertz CT molecular complexity index is 963. The van der Waals surface area contributed by atoms with E-state index in [1.165, 1.54) is 0 Å². The van der Waals surface area contributed by atoms with Crippen molar-refractivity contribution < 1.29 is 9.59 Å². The fraction of sp³-hybridized carbons (Fsp3) is 0.150. The van der Waals surface area contributed by atoms with Crippen molar-refractivity contribution in [3.8, 4) is 5.69 Å². The van der Waals surface area contributed by atoms with E-state index in [-0.39, 0.29) is 18.2 Å². The zero-order valence-electron chi connectivity index (χ0n) is 15.0. The van der Waals surface area contributed by atoms with E-state index in [2.05, 4.69) is 16.0 Å². The third-order valence-electron chi connectivity index (χ3n) is 3.98. The summed E-state index contributed by atoms with van der Waals surface area (Å²) in [7, 11) is 0. The first-order valence-electron chi connectivity index (χ1n) is 8.40. The van der Waals surface area contributed by atoms with Crippen molar-refractivity contribution in [2.75, 3.05) is 0 Å². The van der Waals surface area contributed by atoms with Crippen LogP contribution in [0, 0.1) is 13.8 Å². The molecule has 0 atom stereocenters. The van der Waals surface area contributed by atoms with Crippen molar-refractivity contribution in [3.05, 3.63) is 82.1 Å². The van der Waals surface area contributed by atoms with Gasteiger partial charge in [-0.1, -0.05) is 23.7 Å². The molecule has 0 aliphatic carbocycles. The number of aromatic nitrogens is 2. The highest BCUT2D eigenvalue weighted by Gasteiger charge is 2.09. The Hall–Kier alpha value is -3.12. The van der Waals surface area contributed by atoms with Crippen molar-refractivity contribution in [1.29, 1.82) is 0 Å². The van der Waals surface area contributed by atoms with E-state index in [4.69, 9.17) is 11.6 Å². The summed E-state index contributed by atoms with van der Waals surface area (Å²) < 4.78 is 1.81. The fourth-order valence-electron chi connectivity index (χ4n) is 2.67. The normalized spacial score (nSPS) is 10.5. The number of hydrogen-bond donors (Lipinski definition) is 2. The lowest BCUT2D eigenvalue weighted by Crippen LogP contribution is -2.42. The van der Waals surface area contributed by atoms with Gasteiger partial charge in [-0.3, -0.25) is 20.4 Å². The van der Waals surface area contributed by atoms with Crippen molar-refractivity contribution in [3.63, 3.8) is 0 Å². The molecule has 7 heteroatoms. The number of carbonyl (C=O) groups excluding carboxylic acids is 2. The Labute approximate surface area is 162 Å². The smallest absolute Gasteiger partial charge is 0.269 e. The molecule has 3 rings (SSSR count). The minimum absolute atomic E-state index is 0.147. The van der Waals surface area contributed by atoms with Crippen molar-refractivity contribution in [2.45, 2.75) is 20.3 Å². The van der Waals surface area contributed by atoms with Crippen LogP contribution in [-0.2, 0) is 11.2 Å². The Morgan fingerprint density at radius 3 is 2.26 bits per heavy atom. The molecule has 0 bridgehead atoms. The van der Waals surface area contributed by atoms with Crippen molar-refractivity contribution in [2.24, 2.45) is 0 Å². The van der Waals surface area contributed by atoms with Gasteiger partial charge in [-0.25, -0.2) is 4.68 Å². The Morgan fingerprint density at radius 1 is 1.00 bits per heavy atom. The topological polar surface area (TPSA) is 76.0 Å². The lowest BCUT2D eigenvalue weighted by molar-refractivity contribution is -0.121. The summed E-state index contributed by atoms with van der Waals surface area (Å²) in [6, 6.07) is 15.9. The van der Waals surface area contributed by atoms with Gasteiger partial charge >= 0.3 is 0 Å². The van der Waals surface area contributed by atoms with Gasteiger partial charge in [0.05, 0.1) is 17.8 Å². The molecule has 0 saturated heterocycles. The number of rotatable bonds is 4. The van der Waals surface area contributed by atoms with E-state index < -0.39 is 0 Å². The molecule has 0 aliphatic rings. The van der Waals surface area contributed by atoms with Gasteiger partial charge in [0.25, 0.3) is 5.91 Å². The monoisotopic (exact) mass is 382 g/mol. The van der Waals surface area contributed by atoms with Crippen LogP contribution in [0.4, 0.5) is 0 Å². The summed E-state index contributed by atoms with van der Waals surface area (Å²) in [4.78, 5) is 24.1. The molecule has 0 fully saturated rings. The first-order valence-corrected chi connectivity index (χ1v) is 8.77. The molecule has 2 amide bonds. The van der Waals surface area contributed by atoms with Gasteiger partial charge < -0.3 is 0 Å². The van der Waals surface area contributed by atoms with Gasteiger partial charge in [0.1, 0.15) is 0 Å². The van der Waals surface area contributed by atoms with Crippen molar-refractivity contribution >= 4 is 23.4 Å². The number of aryl methyl sites for hydroxylation is 2. The molecule has 0 radical (unpaired) electrons. The number of hydrogen-bond acceptors (Lipinski definition) is 3. The highest BCUT2D eigenvalue weighted by atomic mass is 35.5. The van der Waals surface area contributed by atoms with E-state index in [1.807, 2.05) is 36.7 Å². The van der Waals surface area contributed by atoms with Crippen molar-refractivity contribution in [1.82, 2.24) is 20.6 Å².